The molecule has 4 aromatic rings. The zero-order valence-corrected chi connectivity index (χ0v) is 28.1. The van der Waals surface area contributed by atoms with E-state index in [1.165, 1.54) is 17.0 Å². The summed E-state index contributed by atoms with van der Waals surface area (Å²) in [5, 5.41) is 3.48. The maximum absolute atomic E-state index is 14.3. The highest BCUT2D eigenvalue weighted by Gasteiger charge is 2.33. The van der Waals surface area contributed by atoms with Gasteiger partial charge in [0.25, 0.3) is 10.0 Å². The van der Waals surface area contributed by atoms with Crippen molar-refractivity contribution in [3.63, 3.8) is 0 Å². The van der Waals surface area contributed by atoms with Gasteiger partial charge in [-0.2, -0.15) is 0 Å². The summed E-state index contributed by atoms with van der Waals surface area (Å²) in [6.45, 7) is 7.68. The summed E-state index contributed by atoms with van der Waals surface area (Å²) >= 11 is 6.11. The zero-order chi connectivity index (χ0) is 33.3. The van der Waals surface area contributed by atoms with Crippen molar-refractivity contribution in [1.82, 2.24) is 10.2 Å². The number of anilines is 1. The number of aryl methyl sites for hydroxylation is 1. The molecule has 0 fully saturated rings. The topological polar surface area (TPSA) is 96.0 Å². The van der Waals surface area contributed by atoms with Crippen LogP contribution in [0.1, 0.15) is 38.3 Å². The fourth-order valence-corrected chi connectivity index (χ4v) is 6.34. The van der Waals surface area contributed by atoms with Gasteiger partial charge in [0.2, 0.25) is 11.8 Å². The van der Waals surface area contributed by atoms with Crippen LogP contribution in [0.25, 0.3) is 0 Å². The molecule has 0 spiro atoms. The molecule has 0 aromatic heterocycles. The van der Waals surface area contributed by atoms with Gasteiger partial charge in [-0.3, -0.25) is 13.9 Å². The Hall–Kier alpha value is -4.34. The van der Waals surface area contributed by atoms with E-state index in [1.807, 2.05) is 58.0 Å². The molecular formula is C36H40ClN3O5S. The molecule has 46 heavy (non-hydrogen) atoms. The average molecular weight is 662 g/mol. The van der Waals surface area contributed by atoms with Crippen LogP contribution in [0.5, 0.6) is 11.5 Å². The van der Waals surface area contributed by atoms with E-state index in [0.29, 0.717) is 29.5 Å². The van der Waals surface area contributed by atoms with Crippen molar-refractivity contribution in [1.29, 1.82) is 0 Å². The molecule has 0 aliphatic heterocycles. The van der Waals surface area contributed by atoms with E-state index in [0.717, 1.165) is 15.4 Å². The number of benzene rings is 4. The van der Waals surface area contributed by atoms with Crippen LogP contribution < -0.4 is 14.4 Å². The lowest BCUT2D eigenvalue weighted by Gasteiger charge is -2.33. The summed E-state index contributed by atoms with van der Waals surface area (Å²) in [4.78, 5) is 29.2. The van der Waals surface area contributed by atoms with Gasteiger partial charge >= 0.3 is 0 Å². The number of carbonyl (C=O) groups excluding carboxylic acids is 2. The van der Waals surface area contributed by atoms with E-state index < -0.39 is 28.5 Å². The molecule has 4 aromatic carbocycles. The van der Waals surface area contributed by atoms with Crippen LogP contribution in [0.15, 0.2) is 108 Å². The van der Waals surface area contributed by atoms with E-state index in [-0.39, 0.29) is 29.0 Å². The fourth-order valence-electron chi connectivity index (χ4n) is 4.80. The van der Waals surface area contributed by atoms with Crippen LogP contribution in [0.3, 0.4) is 0 Å². The highest BCUT2D eigenvalue weighted by atomic mass is 35.5. The second-order valence-corrected chi connectivity index (χ2v) is 13.7. The van der Waals surface area contributed by atoms with Crippen molar-refractivity contribution < 1.29 is 22.7 Å². The molecule has 0 unspecified atom stereocenters. The minimum absolute atomic E-state index is 0.0430. The summed E-state index contributed by atoms with van der Waals surface area (Å²) in [6, 6.07) is 28.4. The number of para-hydroxylation sites is 1. The summed E-state index contributed by atoms with van der Waals surface area (Å²) in [5.74, 6) is 0.529. The number of hydrogen-bond donors (Lipinski definition) is 1. The third-order valence-corrected chi connectivity index (χ3v) is 9.37. The Morgan fingerprint density at radius 2 is 1.46 bits per heavy atom. The van der Waals surface area contributed by atoms with Crippen molar-refractivity contribution in [2.75, 3.05) is 17.4 Å². The monoisotopic (exact) mass is 661 g/mol. The molecule has 0 bridgehead atoms. The van der Waals surface area contributed by atoms with Gasteiger partial charge in [0.05, 0.1) is 10.6 Å². The molecule has 0 aliphatic carbocycles. The van der Waals surface area contributed by atoms with Gasteiger partial charge in [0, 0.05) is 18.1 Å². The van der Waals surface area contributed by atoms with Crippen molar-refractivity contribution in [2.45, 2.75) is 51.6 Å². The SMILES string of the molecule is CC[C@H](C(=O)NCC(C)C)N(Cc1ccc(Cl)cc1)C(=O)CN(c1ccc(Oc2ccccc2)cc1)S(=O)(=O)c1ccc(C)cc1. The number of amides is 2. The number of halogens is 1. The standard InChI is InChI=1S/C36H40ClN3O5S/c1-5-34(36(42)38-23-26(2)3)39(24-28-13-15-29(37)16-14-28)35(41)25-40(46(43,44)33-21-11-27(4)12-22-33)30-17-19-32(20-18-30)45-31-9-7-6-8-10-31/h6-22,26,34H,5,23-25H2,1-4H3,(H,38,42)/t34-/m1/s1. The van der Waals surface area contributed by atoms with E-state index in [4.69, 9.17) is 16.3 Å². The first-order chi connectivity index (χ1) is 22.0. The number of nitrogens with zero attached hydrogens (tertiary/aromatic N) is 2. The molecule has 0 saturated carbocycles. The predicted octanol–water partition coefficient (Wildman–Crippen LogP) is 7.22. The van der Waals surface area contributed by atoms with E-state index >= 15 is 0 Å². The largest absolute Gasteiger partial charge is 0.457 e. The molecule has 2 amide bonds. The van der Waals surface area contributed by atoms with Gasteiger partial charge in [-0.25, -0.2) is 8.42 Å². The van der Waals surface area contributed by atoms with E-state index in [1.54, 1.807) is 60.7 Å². The summed E-state index contributed by atoms with van der Waals surface area (Å²) in [5.41, 5.74) is 1.93. The Balaban J connectivity index is 1.71. The number of nitrogens with one attached hydrogen (secondary N) is 1. The van der Waals surface area contributed by atoms with Crippen molar-refractivity contribution in [3.05, 3.63) is 119 Å². The smallest absolute Gasteiger partial charge is 0.264 e. The van der Waals surface area contributed by atoms with Crippen molar-refractivity contribution in [3.8, 4) is 11.5 Å². The molecule has 242 valence electrons. The lowest BCUT2D eigenvalue weighted by Crippen LogP contribution is -2.52. The molecule has 0 saturated heterocycles. The Morgan fingerprint density at radius 1 is 0.848 bits per heavy atom. The van der Waals surface area contributed by atoms with Gasteiger partial charge in [0.15, 0.2) is 0 Å². The maximum Gasteiger partial charge on any atom is 0.264 e. The lowest BCUT2D eigenvalue weighted by atomic mass is 10.1. The van der Waals surface area contributed by atoms with Crippen LogP contribution >= 0.6 is 11.6 Å². The van der Waals surface area contributed by atoms with Crippen LogP contribution in [0.4, 0.5) is 5.69 Å². The normalized spacial score (nSPS) is 12.0. The van der Waals surface area contributed by atoms with E-state index in [2.05, 4.69) is 5.32 Å². The molecule has 0 radical (unpaired) electrons. The van der Waals surface area contributed by atoms with Crippen molar-refractivity contribution in [2.24, 2.45) is 5.92 Å². The van der Waals surface area contributed by atoms with Gasteiger partial charge in [-0.1, -0.05) is 80.4 Å². The first-order valence-corrected chi connectivity index (χ1v) is 17.0. The summed E-state index contributed by atoms with van der Waals surface area (Å²) in [7, 11) is -4.20. The predicted molar refractivity (Wildman–Crippen MR) is 183 cm³/mol. The molecule has 0 heterocycles. The van der Waals surface area contributed by atoms with Gasteiger partial charge in [-0.15, -0.1) is 0 Å². The first kappa shape index (κ1) is 34.5. The number of hydrogen-bond acceptors (Lipinski definition) is 5. The highest BCUT2D eigenvalue weighted by Crippen LogP contribution is 2.29. The quantitative estimate of drug-likeness (QED) is 0.154. The molecular weight excluding hydrogens is 622 g/mol. The van der Waals surface area contributed by atoms with Crippen LogP contribution in [0, 0.1) is 12.8 Å². The van der Waals surface area contributed by atoms with Crippen molar-refractivity contribution >= 4 is 39.1 Å². The average Bonchev–Trinajstić information content (AvgIpc) is 3.04. The highest BCUT2D eigenvalue weighted by molar-refractivity contribution is 7.92. The Labute approximate surface area is 277 Å². The molecule has 1 atom stereocenters. The molecule has 0 aliphatic rings. The van der Waals surface area contributed by atoms with E-state index in [9.17, 15) is 18.0 Å². The maximum atomic E-state index is 14.3. The van der Waals surface area contributed by atoms with Gasteiger partial charge in [-0.05, 0) is 85.5 Å². The fraction of sp³-hybridized carbons (Fsp3) is 0.278. The lowest BCUT2D eigenvalue weighted by molar-refractivity contribution is -0.140. The van der Waals surface area contributed by atoms with Crippen LogP contribution in [0.2, 0.25) is 5.02 Å². The number of rotatable bonds is 14. The third kappa shape index (κ3) is 9.11. The van der Waals surface area contributed by atoms with Gasteiger partial charge in [0.1, 0.15) is 24.1 Å². The zero-order valence-electron chi connectivity index (χ0n) is 26.5. The molecule has 4 rings (SSSR count). The minimum atomic E-state index is -4.20. The van der Waals surface area contributed by atoms with Crippen LogP contribution in [-0.4, -0.2) is 44.3 Å². The number of ether oxygens (including phenoxy) is 1. The molecule has 8 nitrogen and oxygen atoms in total. The Morgan fingerprint density at radius 3 is 2.04 bits per heavy atom. The minimum Gasteiger partial charge on any atom is -0.457 e. The number of sulfonamides is 1. The molecule has 1 N–H and O–H groups in total. The van der Waals surface area contributed by atoms with Crippen LogP contribution in [-0.2, 0) is 26.2 Å². The summed E-state index contributed by atoms with van der Waals surface area (Å²) < 4.78 is 35.3. The second-order valence-electron chi connectivity index (χ2n) is 11.4. The summed E-state index contributed by atoms with van der Waals surface area (Å²) in [6.07, 6.45) is 0.333. The third-order valence-electron chi connectivity index (χ3n) is 7.33. The van der Waals surface area contributed by atoms with Gasteiger partial charge < -0.3 is 15.0 Å². The first-order valence-electron chi connectivity index (χ1n) is 15.2. The number of carbonyl (C=O) groups is 2. The second kappa shape index (κ2) is 15.8. The Bertz CT molecular complexity index is 1700. The molecule has 10 heteroatoms. The Kier molecular flexibility index (Phi) is 11.8.